The maximum Gasteiger partial charge on any atom is 0.363 e. The van der Waals surface area contributed by atoms with Gasteiger partial charge in [-0.25, -0.2) is 9.79 Å². The summed E-state index contributed by atoms with van der Waals surface area (Å²) in [4.78, 5) is 26.8. The molecule has 150 valence electrons. The molecule has 1 heterocycles. The predicted octanol–water partition coefficient (Wildman–Crippen LogP) is 4.13. The number of rotatable bonds is 8. The van der Waals surface area contributed by atoms with Gasteiger partial charge in [0.15, 0.2) is 17.2 Å². The van der Waals surface area contributed by atoms with Gasteiger partial charge in [-0.1, -0.05) is 25.5 Å². The molecule has 0 saturated carbocycles. The first-order valence-electron chi connectivity index (χ1n) is 9.10. The van der Waals surface area contributed by atoms with Gasteiger partial charge in [-0.2, -0.15) is 0 Å². The highest BCUT2D eigenvalue weighted by atomic mass is 16.6. The van der Waals surface area contributed by atoms with Crippen molar-refractivity contribution in [3.63, 3.8) is 0 Å². The van der Waals surface area contributed by atoms with Crippen LogP contribution in [0.15, 0.2) is 53.2 Å². The number of nitro benzene ring substituents is 1. The van der Waals surface area contributed by atoms with E-state index in [4.69, 9.17) is 14.2 Å². The Morgan fingerprint density at radius 2 is 2.03 bits per heavy atom. The summed E-state index contributed by atoms with van der Waals surface area (Å²) in [5.41, 5.74) is 1.02. The number of hydrogen-bond donors (Lipinski definition) is 0. The van der Waals surface area contributed by atoms with Crippen molar-refractivity contribution in [2.45, 2.75) is 19.8 Å². The smallest absolute Gasteiger partial charge is 0.363 e. The number of benzene rings is 2. The number of hydrogen-bond acceptors (Lipinski definition) is 7. The quantitative estimate of drug-likeness (QED) is 0.219. The molecule has 0 fully saturated rings. The Bertz CT molecular complexity index is 996. The molecule has 0 unspecified atom stereocenters. The van der Waals surface area contributed by atoms with Crippen molar-refractivity contribution in [3.8, 4) is 11.5 Å². The van der Waals surface area contributed by atoms with Crippen molar-refractivity contribution in [3.05, 3.63) is 69.4 Å². The van der Waals surface area contributed by atoms with Crippen molar-refractivity contribution in [1.29, 1.82) is 0 Å². The second-order valence-electron chi connectivity index (χ2n) is 6.26. The lowest BCUT2D eigenvalue weighted by Gasteiger charge is -2.10. The number of aliphatic imine (C=N–C) groups is 1. The van der Waals surface area contributed by atoms with Gasteiger partial charge >= 0.3 is 5.97 Å². The zero-order valence-electron chi connectivity index (χ0n) is 16.1. The van der Waals surface area contributed by atoms with Gasteiger partial charge < -0.3 is 14.2 Å². The van der Waals surface area contributed by atoms with Crippen molar-refractivity contribution in [2.24, 2.45) is 4.99 Å². The minimum Gasteiger partial charge on any atom is -0.493 e. The number of esters is 1. The zero-order valence-corrected chi connectivity index (χ0v) is 16.1. The number of nitro groups is 1. The molecule has 0 aromatic heterocycles. The second kappa shape index (κ2) is 9.01. The third-order valence-corrected chi connectivity index (χ3v) is 4.17. The molecule has 2 aromatic rings. The number of unbranched alkanes of at least 4 members (excludes halogenated alkanes) is 1. The van der Waals surface area contributed by atoms with Crippen LogP contribution in [0.25, 0.3) is 6.08 Å². The molecule has 0 saturated heterocycles. The van der Waals surface area contributed by atoms with Gasteiger partial charge in [0.05, 0.1) is 18.6 Å². The Labute approximate surface area is 167 Å². The number of non-ortho nitro benzene ring substituents is 1. The molecule has 0 atom stereocenters. The molecule has 0 radical (unpaired) electrons. The van der Waals surface area contributed by atoms with Gasteiger partial charge in [0, 0.05) is 17.7 Å². The van der Waals surface area contributed by atoms with Gasteiger partial charge in [-0.05, 0) is 36.3 Å². The first kappa shape index (κ1) is 20.1. The topological polar surface area (TPSA) is 100 Å². The number of methoxy groups -OCH3 is 1. The van der Waals surface area contributed by atoms with Crippen LogP contribution in [0.2, 0.25) is 0 Å². The Kier molecular flexibility index (Phi) is 6.23. The van der Waals surface area contributed by atoms with Crippen LogP contribution in [0.5, 0.6) is 11.5 Å². The number of ether oxygens (including phenoxy) is 3. The van der Waals surface area contributed by atoms with Gasteiger partial charge in [0.1, 0.15) is 0 Å². The van der Waals surface area contributed by atoms with E-state index in [9.17, 15) is 14.9 Å². The number of carbonyl (C=O) groups is 1. The van der Waals surface area contributed by atoms with Crippen LogP contribution in [0.4, 0.5) is 5.69 Å². The van der Waals surface area contributed by atoms with Crippen molar-refractivity contribution < 1.29 is 23.9 Å². The largest absolute Gasteiger partial charge is 0.493 e. The van der Waals surface area contributed by atoms with Crippen molar-refractivity contribution >= 4 is 23.6 Å². The van der Waals surface area contributed by atoms with Crippen LogP contribution in [0.3, 0.4) is 0 Å². The van der Waals surface area contributed by atoms with Crippen LogP contribution in [-0.4, -0.2) is 30.5 Å². The van der Waals surface area contributed by atoms with E-state index < -0.39 is 10.9 Å². The molecule has 0 N–H and O–H groups in total. The van der Waals surface area contributed by atoms with Gasteiger partial charge in [-0.15, -0.1) is 0 Å². The number of nitrogens with zero attached hydrogens (tertiary/aromatic N) is 2. The maximum atomic E-state index is 12.2. The molecule has 0 aliphatic carbocycles. The lowest BCUT2D eigenvalue weighted by atomic mass is 10.1. The molecule has 2 aromatic carbocycles. The summed E-state index contributed by atoms with van der Waals surface area (Å²) in [6.07, 6.45) is 3.53. The molecule has 3 rings (SSSR count). The highest BCUT2D eigenvalue weighted by Crippen LogP contribution is 2.30. The SMILES string of the molecule is CCCCOc1ccc(/C=C2/N=C(c3cccc([N+](=O)[O-])c3)OC2=O)cc1OC. The van der Waals surface area contributed by atoms with Crippen LogP contribution in [-0.2, 0) is 9.53 Å². The molecule has 0 spiro atoms. The first-order valence-corrected chi connectivity index (χ1v) is 9.10. The summed E-state index contributed by atoms with van der Waals surface area (Å²) in [6.45, 7) is 2.68. The summed E-state index contributed by atoms with van der Waals surface area (Å²) in [6, 6.07) is 11.1. The number of carbonyl (C=O) groups excluding carboxylic acids is 1. The zero-order chi connectivity index (χ0) is 20.8. The lowest BCUT2D eigenvalue weighted by molar-refractivity contribution is -0.384. The minimum atomic E-state index is -0.631. The molecular formula is C21H20N2O6. The monoisotopic (exact) mass is 396 g/mol. The predicted molar refractivity (Wildman–Crippen MR) is 107 cm³/mol. The van der Waals surface area contributed by atoms with Crippen molar-refractivity contribution in [1.82, 2.24) is 0 Å². The Hall–Kier alpha value is -3.68. The molecule has 8 heteroatoms. The highest BCUT2D eigenvalue weighted by molar-refractivity contribution is 6.13. The highest BCUT2D eigenvalue weighted by Gasteiger charge is 2.25. The van der Waals surface area contributed by atoms with E-state index >= 15 is 0 Å². The van der Waals surface area contributed by atoms with E-state index in [2.05, 4.69) is 11.9 Å². The first-order chi connectivity index (χ1) is 14.0. The third-order valence-electron chi connectivity index (χ3n) is 4.17. The molecule has 1 aliphatic rings. The Morgan fingerprint density at radius 1 is 1.21 bits per heavy atom. The Morgan fingerprint density at radius 3 is 2.76 bits per heavy atom. The summed E-state index contributed by atoms with van der Waals surface area (Å²) in [5.74, 6) is 0.563. The van der Waals surface area contributed by atoms with E-state index in [0.29, 0.717) is 29.2 Å². The van der Waals surface area contributed by atoms with Gasteiger partial charge in [0.25, 0.3) is 5.69 Å². The van der Waals surface area contributed by atoms with E-state index in [1.165, 1.54) is 18.2 Å². The Balaban J connectivity index is 1.85. The van der Waals surface area contributed by atoms with Crippen LogP contribution in [0.1, 0.15) is 30.9 Å². The summed E-state index contributed by atoms with van der Waals surface area (Å²) in [7, 11) is 1.54. The fourth-order valence-corrected chi connectivity index (χ4v) is 2.66. The van der Waals surface area contributed by atoms with Gasteiger partial charge in [-0.3, -0.25) is 10.1 Å². The summed E-state index contributed by atoms with van der Waals surface area (Å²) in [5, 5.41) is 10.9. The molecule has 0 bridgehead atoms. The van der Waals surface area contributed by atoms with Crippen LogP contribution < -0.4 is 9.47 Å². The maximum absolute atomic E-state index is 12.2. The van der Waals surface area contributed by atoms with Crippen molar-refractivity contribution in [2.75, 3.05) is 13.7 Å². The van der Waals surface area contributed by atoms with E-state index in [1.54, 1.807) is 37.5 Å². The molecule has 1 aliphatic heterocycles. The fourth-order valence-electron chi connectivity index (χ4n) is 2.66. The van der Waals surface area contributed by atoms with Gasteiger partial charge in [0.2, 0.25) is 5.90 Å². The lowest BCUT2D eigenvalue weighted by Crippen LogP contribution is -2.05. The average molecular weight is 396 g/mol. The number of cyclic esters (lactones) is 1. The minimum absolute atomic E-state index is 0.0245. The molecule has 0 amide bonds. The standard InChI is InChI=1S/C21H20N2O6/c1-3-4-10-28-18-9-8-14(12-19(18)27-2)11-17-21(24)29-20(22-17)15-6-5-7-16(13-15)23(25)26/h5-9,11-13H,3-4,10H2,1-2H3/b17-11+. The molecule has 29 heavy (non-hydrogen) atoms. The third kappa shape index (κ3) is 4.78. The normalized spacial score (nSPS) is 14.5. The van der Waals surface area contributed by atoms with Crippen LogP contribution in [0, 0.1) is 10.1 Å². The average Bonchev–Trinajstić information content (AvgIpc) is 3.09. The fraction of sp³-hybridized carbons (Fsp3) is 0.238. The summed E-state index contributed by atoms with van der Waals surface area (Å²) < 4.78 is 16.2. The van der Waals surface area contributed by atoms with E-state index in [-0.39, 0.29) is 17.3 Å². The second-order valence-corrected chi connectivity index (χ2v) is 6.26. The van der Waals surface area contributed by atoms with E-state index in [1.807, 2.05) is 0 Å². The van der Waals surface area contributed by atoms with Crippen LogP contribution >= 0.6 is 0 Å². The molecular weight excluding hydrogens is 376 g/mol. The molecule has 8 nitrogen and oxygen atoms in total. The summed E-state index contributed by atoms with van der Waals surface area (Å²) >= 11 is 0. The van der Waals surface area contributed by atoms with E-state index in [0.717, 1.165) is 12.8 Å².